The number of amides is 2. The fraction of sp³-hybridized carbons (Fsp3) is 0.391. The predicted molar refractivity (Wildman–Crippen MR) is 138 cm³/mol. The summed E-state index contributed by atoms with van der Waals surface area (Å²) in [6.07, 6.45) is 3.29. The van der Waals surface area contributed by atoms with Crippen molar-refractivity contribution in [2.75, 3.05) is 37.8 Å². The Balaban J connectivity index is 1.48. The van der Waals surface area contributed by atoms with Crippen LogP contribution < -0.4 is 10.6 Å². The number of hydrogen-bond acceptors (Lipinski definition) is 6. The molecule has 3 N–H and O–H groups in total. The second-order valence-electron chi connectivity index (χ2n) is 8.70. The number of anilines is 4. The average molecular weight is 578 g/mol. The number of carbonyl (C=O) groups is 1. The van der Waals surface area contributed by atoms with Crippen molar-refractivity contribution in [3.8, 4) is 0 Å². The minimum Gasteiger partial charge on any atom is -0.331 e. The lowest BCUT2D eigenvalue weighted by Crippen LogP contribution is -2.43. The monoisotopic (exact) mass is 578 g/mol. The fourth-order valence-corrected chi connectivity index (χ4v) is 4.53. The molecule has 1 fully saturated rings. The number of hydrogen-bond donors (Lipinski definition) is 3. The molecule has 11 heteroatoms. The molecular weight excluding hydrogens is 550 g/mol. The van der Waals surface area contributed by atoms with Crippen LogP contribution >= 0.6 is 22.6 Å². The van der Waals surface area contributed by atoms with Crippen LogP contribution in [0, 0.1) is 23.2 Å². The van der Waals surface area contributed by atoms with E-state index in [-0.39, 0.29) is 23.7 Å². The molecule has 2 amide bonds. The van der Waals surface area contributed by atoms with E-state index < -0.39 is 0 Å². The highest BCUT2D eigenvalue weighted by atomic mass is 127. The van der Waals surface area contributed by atoms with E-state index >= 15 is 4.39 Å². The first-order valence-corrected chi connectivity index (χ1v) is 12.1. The first-order valence-electron chi connectivity index (χ1n) is 11.1. The zero-order valence-electron chi connectivity index (χ0n) is 19.6. The first kappa shape index (κ1) is 24.2. The topological polar surface area (TPSA) is 102 Å². The molecule has 0 aliphatic carbocycles. The van der Waals surface area contributed by atoms with Crippen molar-refractivity contribution in [2.45, 2.75) is 32.6 Å². The quantitative estimate of drug-likeness (QED) is 0.372. The lowest BCUT2D eigenvalue weighted by Gasteiger charge is -2.34. The van der Waals surface area contributed by atoms with Crippen LogP contribution in [-0.2, 0) is 0 Å². The summed E-state index contributed by atoms with van der Waals surface area (Å²) in [5, 5.41) is 13.2. The third kappa shape index (κ3) is 5.40. The van der Waals surface area contributed by atoms with E-state index in [4.69, 9.17) is 0 Å². The number of aryl methyl sites for hydroxylation is 2. The lowest BCUT2D eigenvalue weighted by atomic mass is 9.86. The van der Waals surface area contributed by atoms with E-state index in [1.165, 1.54) is 0 Å². The molecule has 9 nitrogen and oxygen atoms in total. The van der Waals surface area contributed by atoms with E-state index in [0.29, 0.717) is 30.4 Å². The van der Waals surface area contributed by atoms with Gasteiger partial charge in [-0.15, -0.1) is 0 Å². The number of carbonyl (C=O) groups excluding carboxylic acids is 1. The van der Waals surface area contributed by atoms with Crippen LogP contribution in [0.4, 0.5) is 32.5 Å². The number of nitrogens with zero attached hydrogens (tertiary/aromatic N) is 5. The van der Waals surface area contributed by atoms with Crippen LogP contribution in [0.2, 0.25) is 0 Å². The van der Waals surface area contributed by atoms with Gasteiger partial charge in [-0.2, -0.15) is 10.1 Å². The van der Waals surface area contributed by atoms with E-state index in [1.807, 2.05) is 24.8 Å². The summed E-state index contributed by atoms with van der Waals surface area (Å²) in [4.78, 5) is 24.4. The van der Waals surface area contributed by atoms with Gasteiger partial charge in [-0.25, -0.2) is 14.2 Å². The molecule has 0 unspecified atom stereocenters. The third-order valence-corrected chi connectivity index (χ3v) is 6.68. The molecule has 180 valence electrons. The summed E-state index contributed by atoms with van der Waals surface area (Å²) < 4.78 is 15.9. The van der Waals surface area contributed by atoms with Gasteiger partial charge in [-0.3, -0.25) is 5.10 Å². The number of H-pyrrole nitrogens is 1. The van der Waals surface area contributed by atoms with Crippen molar-refractivity contribution >= 4 is 51.9 Å². The van der Waals surface area contributed by atoms with Gasteiger partial charge in [0.2, 0.25) is 5.95 Å². The van der Waals surface area contributed by atoms with Gasteiger partial charge in [0.1, 0.15) is 5.82 Å². The Morgan fingerprint density at radius 2 is 1.94 bits per heavy atom. The van der Waals surface area contributed by atoms with E-state index in [1.54, 1.807) is 37.3 Å². The molecular formula is C23H28FIN8O. The van der Waals surface area contributed by atoms with Crippen LogP contribution in [0.5, 0.6) is 0 Å². The molecule has 1 aliphatic rings. The molecule has 0 spiro atoms. The highest BCUT2D eigenvalue weighted by Crippen LogP contribution is 2.34. The lowest BCUT2D eigenvalue weighted by molar-refractivity contribution is 0.156. The van der Waals surface area contributed by atoms with Crippen LogP contribution in [0.1, 0.15) is 35.6 Å². The Morgan fingerprint density at radius 3 is 2.59 bits per heavy atom. The second-order valence-corrected chi connectivity index (χ2v) is 9.87. The Bertz CT molecular complexity index is 1190. The normalized spacial score (nSPS) is 14.2. The van der Waals surface area contributed by atoms with E-state index in [2.05, 4.69) is 53.4 Å². The summed E-state index contributed by atoms with van der Waals surface area (Å²) >= 11 is 2.14. The molecule has 34 heavy (non-hydrogen) atoms. The molecule has 2 aromatic heterocycles. The van der Waals surface area contributed by atoms with Gasteiger partial charge in [-0.05, 0) is 78.5 Å². The van der Waals surface area contributed by atoms with E-state index in [9.17, 15) is 4.79 Å². The number of likely N-dealkylation sites (tertiary alicyclic amines) is 1. The summed E-state index contributed by atoms with van der Waals surface area (Å²) in [7, 11) is 3.52. The van der Waals surface area contributed by atoms with Crippen LogP contribution in [0.25, 0.3) is 0 Å². The average Bonchev–Trinajstić information content (AvgIpc) is 3.22. The SMILES string of the molecule is Cc1cc(Nc2nc(Nc3cc(C)c(C4CCN(C(=O)N(C)C)CC4)cc3F)ncc2I)n[nH]1. The molecule has 1 saturated heterocycles. The van der Waals surface area contributed by atoms with Gasteiger partial charge in [0.25, 0.3) is 0 Å². The van der Waals surface area contributed by atoms with E-state index in [0.717, 1.165) is 33.2 Å². The van der Waals surface area contributed by atoms with Crippen molar-refractivity contribution in [1.29, 1.82) is 0 Å². The Kier molecular flexibility index (Phi) is 7.19. The number of rotatable bonds is 5. The zero-order chi connectivity index (χ0) is 24.4. The number of aromatic amines is 1. The standard InChI is InChI=1S/C23H28FIN8O/c1-13-9-19(17(24)11-16(13)15-5-7-33(8-6-15)23(34)32(3)4)27-22-26-12-18(25)21(29-22)28-20-10-14(2)30-31-20/h9-12,15H,5-8H2,1-4H3,(H3,26,27,28,29,30,31). The Morgan fingerprint density at radius 1 is 1.21 bits per heavy atom. The van der Waals surface area contributed by atoms with Crippen LogP contribution in [0.3, 0.4) is 0 Å². The molecule has 3 heterocycles. The highest BCUT2D eigenvalue weighted by Gasteiger charge is 2.26. The second kappa shape index (κ2) is 10.1. The van der Waals surface area contributed by atoms with Crippen molar-refractivity contribution in [3.05, 3.63) is 50.6 Å². The predicted octanol–water partition coefficient (Wildman–Crippen LogP) is 4.91. The van der Waals surface area contributed by atoms with Gasteiger partial charge in [0.05, 0.1) is 9.26 Å². The van der Waals surface area contributed by atoms with Gasteiger partial charge in [0, 0.05) is 45.1 Å². The third-order valence-electron chi connectivity index (χ3n) is 5.89. The minimum absolute atomic E-state index is 0.0229. The maximum Gasteiger partial charge on any atom is 0.319 e. The number of aromatic nitrogens is 4. The fourth-order valence-electron chi connectivity index (χ4n) is 4.14. The Labute approximate surface area is 211 Å². The highest BCUT2D eigenvalue weighted by molar-refractivity contribution is 14.1. The number of benzene rings is 1. The number of piperidine rings is 1. The van der Waals surface area contributed by atoms with Crippen LogP contribution in [0.15, 0.2) is 24.4 Å². The molecule has 3 aromatic rings. The maximum atomic E-state index is 15.1. The molecule has 0 saturated carbocycles. The smallest absolute Gasteiger partial charge is 0.319 e. The van der Waals surface area contributed by atoms with Crippen LogP contribution in [-0.4, -0.2) is 63.2 Å². The molecule has 0 radical (unpaired) electrons. The van der Waals surface area contributed by atoms with Crippen molar-refractivity contribution in [1.82, 2.24) is 30.0 Å². The van der Waals surface area contributed by atoms with Gasteiger partial charge < -0.3 is 20.4 Å². The molecule has 0 bridgehead atoms. The molecule has 1 aromatic carbocycles. The van der Waals surface area contributed by atoms with Gasteiger partial charge in [-0.1, -0.05) is 0 Å². The van der Waals surface area contributed by atoms with Crippen molar-refractivity contribution < 1.29 is 9.18 Å². The van der Waals surface area contributed by atoms with Crippen molar-refractivity contribution in [2.24, 2.45) is 0 Å². The van der Waals surface area contributed by atoms with Gasteiger partial charge in [0.15, 0.2) is 11.6 Å². The summed E-state index contributed by atoms with van der Waals surface area (Å²) in [5.74, 6) is 1.38. The zero-order valence-corrected chi connectivity index (χ0v) is 21.8. The Hall–Kier alpha value is -2.96. The van der Waals surface area contributed by atoms with Gasteiger partial charge >= 0.3 is 6.03 Å². The minimum atomic E-state index is -0.355. The summed E-state index contributed by atoms with van der Waals surface area (Å²) in [5.41, 5.74) is 3.23. The number of urea groups is 1. The first-order chi connectivity index (χ1) is 16.2. The molecule has 1 aliphatic heterocycles. The number of halogens is 2. The molecule has 0 atom stereocenters. The number of nitrogens with one attached hydrogen (secondary N) is 3. The largest absolute Gasteiger partial charge is 0.331 e. The van der Waals surface area contributed by atoms with Crippen molar-refractivity contribution in [3.63, 3.8) is 0 Å². The summed E-state index contributed by atoms with van der Waals surface area (Å²) in [6, 6.07) is 5.29. The summed E-state index contributed by atoms with van der Waals surface area (Å²) in [6.45, 7) is 5.24. The molecule has 4 rings (SSSR count). The maximum absolute atomic E-state index is 15.1.